The Kier molecular flexibility index (Phi) is 5.36. The molecule has 2 amide bonds. The predicted octanol–water partition coefficient (Wildman–Crippen LogP) is 4.38. The van der Waals surface area contributed by atoms with E-state index in [0.717, 1.165) is 29.6 Å². The predicted molar refractivity (Wildman–Crippen MR) is 111 cm³/mol. The first-order valence-corrected chi connectivity index (χ1v) is 9.81. The van der Waals surface area contributed by atoms with Crippen molar-refractivity contribution in [2.45, 2.75) is 31.9 Å². The summed E-state index contributed by atoms with van der Waals surface area (Å²) in [6, 6.07) is 16.5. The first kappa shape index (κ1) is 19.2. The first-order chi connectivity index (χ1) is 14.0. The number of benzene rings is 2. The maximum atomic E-state index is 13.0. The van der Waals surface area contributed by atoms with E-state index in [1.54, 1.807) is 36.2 Å². The number of ether oxygens (including phenoxy) is 1. The van der Waals surface area contributed by atoms with Crippen molar-refractivity contribution in [1.29, 1.82) is 0 Å². The van der Waals surface area contributed by atoms with Gasteiger partial charge in [0.05, 0.1) is 6.04 Å². The molecule has 1 fully saturated rings. The van der Waals surface area contributed by atoms with Crippen LogP contribution in [-0.2, 0) is 9.53 Å². The number of hydrogen-bond donors (Lipinski definition) is 1. The Hall–Kier alpha value is -3.12. The highest BCUT2D eigenvalue weighted by Gasteiger charge is 2.25. The molecule has 4 rings (SSSR count). The number of fused-ring (bicyclic) bond motifs is 1. The van der Waals surface area contributed by atoms with E-state index in [4.69, 9.17) is 9.15 Å². The van der Waals surface area contributed by atoms with Crippen LogP contribution in [-0.4, -0.2) is 36.5 Å². The summed E-state index contributed by atoms with van der Waals surface area (Å²) in [4.78, 5) is 26.9. The van der Waals surface area contributed by atoms with Crippen molar-refractivity contribution in [3.8, 4) is 0 Å². The minimum absolute atomic E-state index is 0.147. The van der Waals surface area contributed by atoms with Gasteiger partial charge in [-0.3, -0.25) is 9.59 Å². The lowest BCUT2D eigenvalue weighted by Crippen LogP contribution is -2.30. The molecule has 2 atom stereocenters. The van der Waals surface area contributed by atoms with Gasteiger partial charge in [0.25, 0.3) is 11.8 Å². The highest BCUT2D eigenvalue weighted by molar-refractivity contribution is 5.98. The van der Waals surface area contributed by atoms with Gasteiger partial charge in [-0.1, -0.05) is 24.3 Å². The third-order valence-corrected chi connectivity index (χ3v) is 5.36. The molecule has 150 valence electrons. The van der Waals surface area contributed by atoms with Crippen LogP contribution in [0.1, 0.15) is 41.9 Å². The number of carbonyl (C=O) groups excluding carboxylic acids is 2. The van der Waals surface area contributed by atoms with Gasteiger partial charge in [0.1, 0.15) is 17.4 Å². The molecule has 2 heterocycles. The largest absolute Gasteiger partial charge is 0.459 e. The van der Waals surface area contributed by atoms with Crippen LogP contribution in [0.5, 0.6) is 0 Å². The summed E-state index contributed by atoms with van der Waals surface area (Å²) in [6.07, 6.45) is 1.20. The molecule has 6 heteroatoms. The zero-order chi connectivity index (χ0) is 20.4. The SMILES string of the molecule is CC(c1cc2ccccc2o1)N(C)C(=O)c1cccc(NC(=O)C2CCCO2)c1. The van der Waals surface area contributed by atoms with Crippen LogP contribution in [0.4, 0.5) is 5.69 Å². The highest BCUT2D eigenvalue weighted by atomic mass is 16.5. The third-order valence-electron chi connectivity index (χ3n) is 5.36. The summed E-state index contributed by atoms with van der Waals surface area (Å²) in [5, 5.41) is 3.85. The molecule has 1 saturated heterocycles. The van der Waals surface area contributed by atoms with Crippen molar-refractivity contribution in [1.82, 2.24) is 4.90 Å². The summed E-state index contributed by atoms with van der Waals surface area (Å²) >= 11 is 0. The van der Waals surface area contributed by atoms with Crippen molar-refractivity contribution in [2.75, 3.05) is 19.0 Å². The second-order valence-corrected chi connectivity index (χ2v) is 7.35. The van der Waals surface area contributed by atoms with Gasteiger partial charge in [0.2, 0.25) is 0 Å². The number of para-hydroxylation sites is 1. The maximum absolute atomic E-state index is 13.0. The molecule has 1 aromatic heterocycles. The number of nitrogens with one attached hydrogen (secondary N) is 1. The molecule has 1 N–H and O–H groups in total. The van der Waals surface area contributed by atoms with Crippen molar-refractivity contribution >= 4 is 28.5 Å². The van der Waals surface area contributed by atoms with E-state index in [0.29, 0.717) is 17.9 Å². The van der Waals surface area contributed by atoms with Crippen LogP contribution >= 0.6 is 0 Å². The van der Waals surface area contributed by atoms with Crippen LogP contribution < -0.4 is 5.32 Å². The molecule has 3 aromatic rings. The average Bonchev–Trinajstić information content (AvgIpc) is 3.42. The fraction of sp³-hybridized carbons (Fsp3) is 0.304. The number of nitrogens with zero attached hydrogens (tertiary/aromatic N) is 1. The average molecular weight is 392 g/mol. The summed E-state index contributed by atoms with van der Waals surface area (Å²) in [5.41, 5.74) is 1.88. The topological polar surface area (TPSA) is 71.8 Å². The molecular formula is C23H24N2O4. The van der Waals surface area contributed by atoms with Crippen LogP contribution in [0.15, 0.2) is 59.0 Å². The zero-order valence-corrected chi connectivity index (χ0v) is 16.6. The van der Waals surface area contributed by atoms with E-state index in [1.165, 1.54) is 0 Å². The lowest BCUT2D eigenvalue weighted by atomic mass is 10.1. The summed E-state index contributed by atoms with van der Waals surface area (Å²) in [6.45, 7) is 2.54. The monoisotopic (exact) mass is 392 g/mol. The number of carbonyl (C=O) groups is 2. The van der Waals surface area contributed by atoms with Crippen LogP contribution in [0.3, 0.4) is 0 Å². The Labute approximate surface area is 169 Å². The molecule has 1 aliphatic rings. The molecule has 0 bridgehead atoms. The summed E-state index contributed by atoms with van der Waals surface area (Å²) in [7, 11) is 1.75. The highest BCUT2D eigenvalue weighted by Crippen LogP contribution is 2.28. The molecule has 0 saturated carbocycles. The van der Waals surface area contributed by atoms with E-state index in [-0.39, 0.29) is 17.9 Å². The Bertz CT molecular complexity index is 1000. The number of hydrogen-bond acceptors (Lipinski definition) is 4. The number of rotatable bonds is 5. The number of furan rings is 1. The molecule has 29 heavy (non-hydrogen) atoms. The van der Waals surface area contributed by atoms with Gasteiger partial charge in [0.15, 0.2) is 0 Å². The second kappa shape index (κ2) is 8.09. The first-order valence-electron chi connectivity index (χ1n) is 9.81. The molecule has 6 nitrogen and oxygen atoms in total. The molecule has 0 aliphatic carbocycles. The fourth-order valence-corrected chi connectivity index (χ4v) is 3.52. The Morgan fingerprint density at radius 3 is 2.72 bits per heavy atom. The van der Waals surface area contributed by atoms with Crippen molar-refractivity contribution in [2.24, 2.45) is 0 Å². The Balaban J connectivity index is 1.48. The molecule has 2 unspecified atom stereocenters. The normalized spacial score (nSPS) is 17.2. The zero-order valence-electron chi connectivity index (χ0n) is 16.6. The third kappa shape index (κ3) is 4.03. The minimum atomic E-state index is -0.412. The van der Waals surface area contributed by atoms with E-state index in [9.17, 15) is 9.59 Å². The van der Waals surface area contributed by atoms with Gasteiger partial charge in [-0.25, -0.2) is 0 Å². The van der Waals surface area contributed by atoms with E-state index in [1.807, 2.05) is 37.3 Å². The van der Waals surface area contributed by atoms with Crippen molar-refractivity contribution in [3.05, 3.63) is 65.9 Å². The molecule has 2 aromatic carbocycles. The lowest BCUT2D eigenvalue weighted by Gasteiger charge is -2.23. The standard InChI is InChI=1S/C23H24N2O4/c1-15(21-14-16-7-3-4-10-19(16)29-21)25(2)23(27)17-8-5-9-18(13-17)24-22(26)20-11-6-12-28-20/h3-5,7-10,13-15,20H,6,11-12H2,1-2H3,(H,24,26). The summed E-state index contributed by atoms with van der Waals surface area (Å²) < 4.78 is 11.3. The Morgan fingerprint density at radius 1 is 1.14 bits per heavy atom. The number of anilines is 1. The van der Waals surface area contributed by atoms with Gasteiger partial charge in [-0.15, -0.1) is 0 Å². The van der Waals surface area contributed by atoms with Gasteiger partial charge in [0, 0.05) is 30.3 Å². The quantitative estimate of drug-likeness (QED) is 0.699. The van der Waals surface area contributed by atoms with Gasteiger partial charge < -0.3 is 19.4 Å². The van der Waals surface area contributed by atoms with Crippen LogP contribution in [0.2, 0.25) is 0 Å². The van der Waals surface area contributed by atoms with Gasteiger partial charge in [-0.05, 0) is 50.1 Å². The summed E-state index contributed by atoms with van der Waals surface area (Å²) in [5.74, 6) is 0.409. The van der Waals surface area contributed by atoms with Gasteiger partial charge >= 0.3 is 0 Å². The fourth-order valence-electron chi connectivity index (χ4n) is 3.52. The van der Waals surface area contributed by atoms with Crippen LogP contribution in [0.25, 0.3) is 11.0 Å². The van der Waals surface area contributed by atoms with Crippen molar-refractivity contribution < 1.29 is 18.7 Å². The van der Waals surface area contributed by atoms with E-state index < -0.39 is 6.10 Å². The Morgan fingerprint density at radius 2 is 1.97 bits per heavy atom. The van der Waals surface area contributed by atoms with Crippen molar-refractivity contribution in [3.63, 3.8) is 0 Å². The number of amides is 2. The maximum Gasteiger partial charge on any atom is 0.254 e. The smallest absolute Gasteiger partial charge is 0.254 e. The minimum Gasteiger partial charge on any atom is -0.459 e. The molecule has 0 spiro atoms. The lowest BCUT2D eigenvalue weighted by molar-refractivity contribution is -0.124. The molecule has 1 aliphatic heterocycles. The molecule has 0 radical (unpaired) electrons. The second-order valence-electron chi connectivity index (χ2n) is 7.35. The van der Waals surface area contributed by atoms with Gasteiger partial charge in [-0.2, -0.15) is 0 Å². The van der Waals surface area contributed by atoms with E-state index >= 15 is 0 Å². The van der Waals surface area contributed by atoms with E-state index in [2.05, 4.69) is 5.32 Å². The molecular weight excluding hydrogens is 368 g/mol. The van der Waals surface area contributed by atoms with Crippen LogP contribution in [0, 0.1) is 0 Å².